The number of anilines is 1. The number of nitrogens with one attached hydrogen (secondary N) is 2. The minimum absolute atomic E-state index is 0.155. The summed E-state index contributed by atoms with van der Waals surface area (Å²) in [7, 11) is 0. The molecule has 164 valence electrons. The minimum atomic E-state index is -0.514. The molecule has 0 aliphatic carbocycles. The lowest BCUT2D eigenvalue weighted by Gasteiger charge is -2.15. The van der Waals surface area contributed by atoms with E-state index in [9.17, 15) is 9.59 Å². The number of carbonyl (C=O) groups excluding carboxylic acids is 2. The zero-order valence-electron chi connectivity index (χ0n) is 17.9. The number of imide groups is 1. The van der Waals surface area contributed by atoms with E-state index in [-0.39, 0.29) is 18.2 Å². The zero-order valence-corrected chi connectivity index (χ0v) is 17.9. The Morgan fingerprint density at radius 1 is 0.879 bits per heavy atom. The van der Waals surface area contributed by atoms with Crippen LogP contribution in [-0.4, -0.2) is 29.4 Å². The maximum atomic E-state index is 12.9. The van der Waals surface area contributed by atoms with Gasteiger partial charge in [-0.1, -0.05) is 36.4 Å². The summed E-state index contributed by atoms with van der Waals surface area (Å²) in [5.74, 6) is -0.430. The topological polar surface area (TPSA) is 89.9 Å². The smallest absolute Gasteiger partial charge is 0.251 e. The van der Waals surface area contributed by atoms with Crippen LogP contribution in [0.25, 0.3) is 10.9 Å². The molecule has 2 heterocycles. The summed E-state index contributed by atoms with van der Waals surface area (Å²) >= 11 is 0. The van der Waals surface area contributed by atoms with Crippen LogP contribution in [0.15, 0.2) is 95.3 Å². The number of aromatic nitrogens is 1. The summed E-state index contributed by atoms with van der Waals surface area (Å²) in [5.41, 5.74) is 4.23. The number of carbonyl (C=O) groups is 2. The molecule has 0 radical (unpaired) electrons. The third-order valence-electron chi connectivity index (χ3n) is 5.75. The van der Waals surface area contributed by atoms with Crippen molar-refractivity contribution in [3.8, 4) is 0 Å². The van der Waals surface area contributed by atoms with Crippen molar-refractivity contribution in [1.82, 2.24) is 10.3 Å². The maximum Gasteiger partial charge on any atom is 0.251 e. The molecule has 1 aliphatic rings. The highest BCUT2D eigenvalue weighted by molar-refractivity contribution is 6.22. The standard InChI is InChI=1S/C26H23N5O2/c32-25-16-24(27-15-14-18-17-28-23-9-5-4-8-22(18)23)26(33)31(25)21-12-10-20(11-13-21)30-29-19-6-2-1-3-7-19/h1-13,17,24,27-28H,14-16H2/t24-/m1/s1. The Hall–Kier alpha value is -4.10. The number of para-hydroxylation sites is 1. The van der Waals surface area contributed by atoms with Gasteiger partial charge in [-0.05, 0) is 54.4 Å². The molecule has 5 rings (SSSR count). The second-order valence-electron chi connectivity index (χ2n) is 7.94. The number of hydrogen-bond donors (Lipinski definition) is 2. The summed E-state index contributed by atoms with van der Waals surface area (Å²) in [6.45, 7) is 0.609. The first-order chi connectivity index (χ1) is 16.2. The van der Waals surface area contributed by atoms with Crippen molar-refractivity contribution < 1.29 is 9.59 Å². The van der Waals surface area contributed by atoms with Gasteiger partial charge < -0.3 is 10.3 Å². The zero-order chi connectivity index (χ0) is 22.6. The number of benzene rings is 3. The van der Waals surface area contributed by atoms with E-state index in [4.69, 9.17) is 0 Å². The summed E-state index contributed by atoms with van der Waals surface area (Å²) in [6.07, 6.45) is 2.92. The lowest BCUT2D eigenvalue weighted by Crippen LogP contribution is -2.39. The molecule has 1 aliphatic heterocycles. The SMILES string of the molecule is O=C1C[C@@H](NCCc2c[nH]c3ccccc23)C(=O)N1c1ccc(N=Nc2ccccc2)cc1. The molecule has 2 amide bonds. The van der Waals surface area contributed by atoms with Crippen LogP contribution in [0.3, 0.4) is 0 Å². The van der Waals surface area contributed by atoms with Crippen LogP contribution in [0, 0.1) is 0 Å². The van der Waals surface area contributed by atoms with Crippen LogP contribution in [0.5, 0.6) is 0 Å². The quantitative estimate of drug-likeness (QED) is 0.313. The van der Waals surface area contributed by atoms with Crippen LogP contribution in [-0.2, 0) is 16.0 Å². The average molecular weight is 438 g/mol. The number of nitrogens with zero attached hydrogens (tertiary/aromatic N) is 3. The minimum Gasteiger partial charge on any atom is -0.361 e. The van der Waals surface area contributed by atoms with Crippen LogP contribution >= 0.6 is 0 Å². The lowest BCUT2D eigenvalue weighted by atomic mass is 10.1. The van der Waals surface area contributed by atoms with E-state index < -0.39 is 6.04 Å². The Kier molecular flexibility index (Phi) is 5.78. The second-order valence-corrected chi connectivity index (χ2v) is 7.94. The highest BCUT2D eigenvalue weighted by Gasteiger charge is 2.39. The molecule has 33 heavy (non-hydrogen) atoms. The maximum absolute atomic E-state index is 12.9. The Morgan fingerprint density at radius 3 is 2.36 bits per heavy atom. The van der Waals surface area contributed by atoms with Gasteiger partial charge in [0, 0.05) is 23.6 Å². The molecule has 1 fully saturated rings. The molecule has 1 aromatic heterocycles. The molecule has 0 saturated carbocycles. The molecule has 0 spiro atoms. The predicted molar refractivity (Wildman–Crippen MR) is 128 cm³/mol. The van der Waals surface area contributed by atoms with E-state index in [1.807, 2.05) is 54.7 Å². The number of amides is 2. The van der Waals surface area contributed by atoms with Crippen molar-refractivity contribution in [3.05, 3.63) is 90.6 Å². The van der Waals surface area contributed by atoms with Crippen molar-refractivity contribution >= 4 is 39.8 Å². The number of H-pyrrole nitrogens is 1. The van der Waals surface area contributed by atoms with E-state index >= 15 is 0 Å². The Bertz CT molecular complexity index is 1310. The van der Waals surface area contributed by atoms with Gasteiger partial charge in [0.25, 0.3) is 5.91 Å². The van der Waals surface area contributed by atoms with Crippen molar-refractivity contribution in [2.24, 2.45) is 10.2 Å². The molecule has 7 nitrogen and oxygen atoms in total. The molecule has 7 heteroatoms. The molecule has 0 bridgehead atoms. The number of azo groups is 1. The first-order valence-corrected chi connectivity index (χ1v) is 10.9. The van der Waals surface area contributed by atoms with Gasteiger partial charge in [0.15, 0.2) is 0 Å². The molecule has 4 aromatic rings. The third kappa shape index (κ3) is 4.44. The predicted octanol–water partition coefficient (Wildman–Crippen LogP) is 5.05. The van der Waals surface area contributed by atoms with Gasteiger partial charge in [-0.2, -0.15) is 10.2 Å². The van der Waals surface area contributed by atoms with Gasteiger partial charge >= 0.3 is 0 Å². The van der Waals surface area contributed by atoms with Crippen molar-refractivity contribution in [2.45, 2.75) is 18.9 Å². The lowest BCUT2D eigenvalue weighted by molar-refractivity contribution is -0.121. The van der Waals surface area contributed by atoms with Gasteiger partial charge in [-0.3, -0.25) is 9.59 Å². The van der Waals surface area contributed by atoms with Gasteiger partial charge in [-0.25, -0.2) is 4.90 Å². The fourth-order valence-corrected chi connectivity index (χ4v) is 4.06. The number of rotatable bonds is 7. The fraction of sp³-hybridized carbons (Fsp3) is 0.154. The van der Waals surface area contributed by atoms with E-state index in [2.05, 4.69) is 26.6 Å². The van der Waals surface area contributed by atoms with Crippen LogP contribution < -0.4 is 10.2 Å². The molecule has 2 N–H and O–H groups in total. The normalized spacial score (nSPS) is 16.4. The monoisotopic (exact) mass is 437 g/mol. The number of aromatic amines is 1. The summed E-state index contributed by atoms with van der Waals surface area (Å²) in [6, 6.07) is 24.0. The van der Waals surface area contributed by atoms with E-state index in [0.717, 1.165) is 17.6 Å². The Balaban J connectivity index is 1.20. The molecule has 1 saturated heterocycles. The highest BCUT2D eigenvalue weighted by atomic mass is 16.2. The molecule has 1 atom stereocenters. The fourth-order valence-electron chi connectivity index (χ4n) is 4.06. The van der Waals surface area contributed by atoms with Gasteiger partial charge in [-0.15, -0.1) is 0 Å². The third-order valence-corrected chi connectivity index (χ3v) is 5.75. The average Bonchev–Trinajstić information content (AvgIpc) is 3.39. The summed E-state index contributed by atoms with van der Waals surface area (Å²) in [4.78, 5) is 30.0. The van der Waals surface area contributed by atoms with Gasteiger partial charge in [0.05, 0.1) is 29.5 Å². The Morgan fingerprint density at radius 2 is 1.58 bits per heavy atom. The Labute approximate surface area is 191 Å². The summed E-state index contributed by atoms with van der Waals surface area (Å²) < 4.78 is 0. The molecular weight excluding hydrogens is 414 g/mol. The van der Waals surface area contributed by atoms with Crippen LogP contribution in [0.1, 0.15) is 12.0 Å². The first-order valence-electron chi connectivity index (χ1n) is 10.9. The summed E-state index contributed by atoms with van der Waals surface area (Å²) in [5, 5.41) is 12.8. The van der Waals surface area contributed by atoms with E-state index in [0.29, 0.717) is 17.9 Å². The molecular formula is C26H23N5O2. The second kappa shape index (κ2) is 9.18. The van der Waals surface area contributed by atoms with Crippen molar-refractivity contribution in [1.29, 1.82) is 0 Å². The highest BCUT2D eigenvalue weighted by Crippen LogP contribution is 2.26. The molecule has 0 unspecified atom stereocenters. The van der Waals surface area contributed by atoms with Gasteiger partial charge in [0.1, 0.15) is 0 Å². The van der Waals surface area contributed by atoms with Crippen LogP contribution in [0.4, 0.5) is 17.1 Å². The number of hydrogen-bond acceptors (Lipinski definition) is 5. The van der Waals surface area contributed by atoms with E-state index in [1.54, 1.807) is 24.3 Å². The molecule has 3 aromatic carbocycles. The number of fused-ring (bicyclic) bond motifs is 1. The van der Waals surface area contributed by atoms with E-state index in [1.165, 1.54) is 15.8 Å². The van der Waals surface area contributed by atoms with Crippen LogP contribution in [0.2, 0.25) is 0 Å². The largest absolute Gasteiger partial charge is 0.361 e. The van der Waals surface area contributed by atoms with Crippen molar-refractivity contribution in [3.63, 3.8) is 0 Å². The first kappa shape index (κ1) is 20.8. The van der Waals surface area contributed by atoms with Crippen molar-refractivity contribution in [2.75, 3.05) is 11.4 Å². The van der Waals surface area contributed by atoms with Gasteiger partial charge in [0.2, 0.25) is 5.91 Å².